The van der Waals surface area contributed by atoms with Crippen LogP contribution >= 0.6 is 28.4 Å². The summed E-state index contributed by atoms with van der Waals surface area (Å²) in [6.45, 7) is 4.66. The van der Waals surface area contributed by atoms with Crippen LogP contribution in [-0.4, -0.2) is 61.8 Å². The predicted octanol–water partition coefficient (Wildman–Crippen LogP) is 5.15. The number of benzene rings is 1. The summed E-state index contributed by atoms with van der Waals surface area (Å²) in [5.41, 5.74) is 9.64. The molecular weight excluding hydrogens is 635 g/mol. The highest BCUT2D eigenvalue weighted by Gasteiger charge is 2.38. The molecule has 1 aliphatic carbocycles. The highest BCUT2D eigenvalue weighted by molar-refractivity contribution is 14.2. The predicted molar refractivity (Wildman–Crippen MR) is 160 cm³/mol. The number of ether oxygens (including phenoxy) is 2. The standard InChI is InChI=1S/C24H26IN6O3P.C2H4FN/c1-14-18-5-6-21-19-10-15(4-7-22(19)31(27-21)35-25)20-13-26-29(2)24(20)34-9-3-8-33-23(18)28-30(14)16-11-17(32)12-16;1-2-4-3/h4-7,10,13,16,23,28,35H,3,8-9,11-12H2,1-2H3;2H,1H3/b6-5+;4-2-. The average Bonchev–Trinajstić information content (AvgIpc) is 3.57. The second kappa shape index (κ2) is 12.2. The van der Waals surface area contributed by atoms with Crippen molar-refractivity contribution in [2.75, 3.05) is 13.2 Å². The third kappa shape index (κ3) is 5.65. The van der Waals surface area contributed by atoms with Crippen LogP contribution in [-0.2, 0) is 16.6 Å². The first-order chi connectivity index (χ1) is 18.9. The molecule has 0 saturated heterocycles. The van der Waals surface area contributed by atoms with E-state index in [0.29, 0.717) is 38.2 Å². The monoisotopic (exact) mass is 665 g/mol. The number of rotatable bonds is 2. The summed E-state index contributed by atoms with van der Waals surface area (Å²) < 4.78 is 26.5. The Bertz CT molecular complexity index is 1460. The Hall–Kier alpha value is -2.67. The van der Waals surface area contributed by atoms with Gasteiger partial charge >= 0.3 is 0 Å². The zero-order valence-electron chi connectivity index (χ0n) is 21.9. The van der Waals surface area contributed by atoms with Crippen molar-refractivity contribution in [3.8, 4) is 17.0 Å². The first-order valence-electron chi connectivity index (χ1n) is 12.7. The summed E-state index contributed by atoms with van der Waals surface area (Å²) in [4.78, 5) is 11.6. The maximum atomic E-state index is 11.6. The van der Waals surface area contributed by atoms with E-state index in [-0.39, 0.29) is 12.3 Å². The molecule has 0 spiro atoms. The summed E-state index contributed by atoms with van der Waals surface area (Å²) in [6.07, 6.45) is 9.21. The average molecular weight is 665 g/mol. The van der Waals surface area contributed by atoms with Gasteiger partial charge in [0.15, 0.2) is 6.23 Å². The summed E-state index contributed by atoms with van der Waals surface area (Å²) in [7, 11) is 1.90. The van der Waals surface area contributed by atoms with E-state index in [0.717, 1.165) is 57.5 Å². The number of ketones is 1. The van der Waals surface area contributed by atoms with E-state index in [1.807, 2.05) is 17.7 Å². The minimum atomic E-state index is -0.283. The molecule has 206 valence electrons. The smallest absolute Gasteiger partial charge is 0.219 e. The van der Waals surface area contributed by atoms with Crippen LogP contribution in [0.25, 0.3) is 28.1 Å². The lowest BCUT2D eigenvalue weighted by Gasteiger charge is -2.36. The van der Waals surface area contributed by atoms with Gasteiger partial charge in [0.2, 0.25) is 5.88 Å². The van der Waals surface area contributed by atoms with Gasteiger partial charge in [0, 0.05) is 49.2 Å². The lowest BCUT2D eigenvalue weighted by Crippen LogP contribution is -2.50. The van der Waals surface area contributed by atoms with Crippen molar-refractivity contribution < 1.29 is 18.7 Å². The molecule has 13 heteroatoms. The number of nitrogens with one attached hydrogen (secondary N) is 1. The van der Waals surface area contributed by atoms with E-state index in [1.165, 1.54) is 6.92 Å². The molecule has 10 nitrogen and oxygen atoms in total. The molecule has 1 N–H and O–H groups in total. The number of nitrogens with zero attached hydrogens (tertiary/aromatic N) is 6. The third-order valence-electron chi connectivity index (χ3n) is 6.92. The molecule has 2 bridgehead atoms. The molecule has 0 amide bonds. The van der Waals surface area contributed by atoms with Crippen LogP contribution in [0, 0.1) is 0 Å². The second-order valence-corrected chi connectivity index (χ2v) is 11.4. The van der Waals surface area contributed by atoms with Gasteiger partial charge in [-0.3, -0.25) is 4.79 Å². The summed E-state index contributed by atoms with van der Waals surface area (Å²) >= 11 is 2.36. The van der Waals surface area contributed by atoms with E-state index in [4.69, 9.17) is 14.6 Å². The fraction of sp³-hybridized carbons (Fsp3) is 0.385. The Kier molecular flexibility index (Phi) is 8.75. The Morgan fingerprint density at radius 2 is 2.08 bits per heavy atom. The topological polar surface area (TPSA) is 98.8 Å². The largest absolute Gasteiger partial charge is 0.477 e. The number of Topliss-reactive ketones (excluding diaryl/α,β-unsaturated/α-hetero) is 1. The van der Waals surface area contributed by atoms with Crippen molar-refractivity contribution >= 4 is 57.4 Å². The zero-order valence-corrected chi connectivity index (χ0v) is 25.1. The number of carbonyl (C=O) groups is 1. The van der Waals surface area contributed by atoms with Crippen molar-refractivity contribution in [2.45, 2.75) is 45.4 Å². The molecule has 2 unspecified atom stereocenters. The molecule has 39 heavy (non-hydrogen) atoms. The fourth-order valence-electron chi connectivity index (χ4n) is 4.87. The lowest BCUT2D eigenvalue weighted by atomic mass is 9.90. The maximum absolute atomic E-state index is 11.6. The summed E-state index contributed by atoms with van der Waals surface area (Å²) in [6, 6.07) is 6.59. The minimum Gasteiger partial charge on any atom is -0.477 e. The van der Waals surface area contributed by atoms with E-state index in [1.54, 1.807) is 4.68 Å². The molecule has 1 fully saturated rings. The molecule has 1 saturated carbocycles. The highest BCUT2D eigenvalue weighted by atomic mass is 127. The van der Waals surface area contributed by atoms with Crippen LogP contribution in [0.4, 0.5) is 4.48 Å². The van der Waals surface area contributed by atoms with Crippen LogP contribution in [0.2, 0.25) is 0 Å². The normalized spacial score (nSPS) is 21.0. The maximum Gasteiger partial charge on any atom is 0.219 e. The zero-order chi connectivity index (χ0) is 27.5. The molecule has 4 heterocycles. The van der Waals surface area contributed by atoms with E-state index in [9.17, 15) is 9.28 Å². The van der Waals surface area contributed by atoms with Crippen LogP contribution < -0.4 is 10.2 Å². The quantitative estimate of drug-likeness (QED) is 0.230. The Morgan fingerprint density at radius 1 is 1.28 bits per heavy atom. The molecule has 0 radical (unpaired) electrons. The summed E-state index contributed by atoms with van der Waals surface area (Å²) in [5, 5.41) is 14.6. The molecule has 2 atom stereocenters. The van der Waals surface area contributed by atoms with Gasteiger partial charge in [0.05, 0.1) is 48.6 Å². The minimum absolute atomic E-state index is 0.180. The van der Waals surface area contributed by atoms with Gasteiger partial charge in [-0.05, 0) is 59.7 Å². The molecule has 1 aromatic carbocycles. The SMILES string of the molecule is C/C=N\F.CC1=C2/C=C/c3nn(PI)c4ccc(cc34)-c3cnn(C)c3OCCCOC2NN1C1CC(=O)C1. The summed E-state index contributed by atoms with van der Waals surface area (Å²) in [5.74, 6) is 1.05. The molecule has 3 aromatic rings. The van der Waals surface area contributed by atoms with Gasteiger partial charge in [-0.1, -0.05) is 16.6 Å². The van der Waals surface area contributed by atoms with Gasteiger partial charge < -0.3 is 14.5 Å². The lowest BCUT2D eigenvalue weighted by molar-refractivity contribution is -0.129. The van der Waals surface area contributed by atoms with Gasteiger partial charge in [-0.2, -0.15) is 10.2 Å². The van der Waals surface area contributed by atoms with Crippen molar-refractivity contribution in [1.82, 2.24) is 29.8 Å². The van der Waals surface area contributed by atoms with Crippen molar-refractivity contribution in [2.24, 2.45) is 12.3 Å². The first kappa shape index (κ1) is 27.9. The molecule has 3 aliphatic rings. The van der Waals surface area contributed by atoms with Crippen LogP contribution in [0.3, 0.4) is 0 Å². The van der Waals surface area contributed by atoms with E-state index in [2.05, 4.69) is 80.1 Å². The first-order valence-corrected chi connectivity index (χ1v) is 16.7. The van der Waals surface area contributed by atoms with Gasteiger partial charge in [0.1, 0.15) is 5.78 Å². The van der Waals surface area contributed by atoms with Crippen molar-refractivity contribution in [3.63, 3.8) is 0 Å². The third-order valence-corrected chi connectivity index (χ3v) is 8.80. The van der Waals surface area contributed by atoms with Crippen molar-refractivity contribution in [1.29, 1.82) is 0 Å². The Morgan fingerprint density at radius 3 is 2.79 bits per heavy atom. The number of aryl methyl sites for hydroxylation is 1. The van der Waals surface area contributed by atoms with Gasteiger partial charge in [-0.15, -0.1) is 5.21 Å². The molecule has 6 rings (SSSR count). The number of hydrazine groups is 1. The van der Waals surface area contributed by atoms with Crippen LogP contribution in [0.1, 0.15) is 38.8 Å². The van der Waals surface area contributed by atoms with Crippen LogP contribution in [0.5, 0.6) is 5.88 Å². The molecule has 2 aromatic heterocycles. The number of allylic oxidation sites excluding steroid dienone is 1. The highest BCUT2D eigenvalue weighted by Crippen LogP contribution is 2.37. The van der Waals surface area contributed by atoms with Gasteiger partial charge in [-0.25, -0.2) is 14.6 Å². The second-order valence-electron chi connectivity index (χ2n) is 9.38. The molecular formula is C26H30FIN7O3P. The Balaban J connectivity index is 0.000000723. The number of hydrogen-bond donors (Lipinski definition) is 1. The van der Waals surface area contributed by atoms with Crippen LogP contribution in [0.15, 0.2) is 47.0 Å². The number of halogens is 2. The number of aromatic nitrogens is 4. The number of hydrogen-bond acceptors (Lipinski definition) is 8. The number of carbonyl (C=O) groups excluding carboxylic acids is 1. The van der Waals surface area contributed by atoms with Crippen molar-refractivity contribution in [3.05, 3.63) is 47.4 Å². The Labute approximate surface area is 240 Å². The van der Waals surface area contributed by atoms with Gasteiger partial charge in [0.25, 0.3) is 0 Å². The molecule has 2 aliphatic heterocycles. The van der Waals surface area contributed by atoms with E-state index >= 15 is 0 Å². The number of fused-ring (bicyclic) bond motifs is 4. The van der Waals surface area contributed by atoms with E-state index < -0.39 is 0 Å². The fourth-order valence-corrected chi connectivity index (χ4v) is 6.41.